The summed E-state index contributed by atoms with van der Waals surface area (Å²) in [7, 11) is 2.75. The molecule has 1 aromatic rings. The smallest absolute Gasteiger partial charge is 0.0422 e. The molecular formula is C11H12NP. The van der Waals surface area contributed by atoms with Crippen LogP contribution in [0.3, 0.4) is 0 Å². The maximum atomic E-state index is 3.34. The van der Waals surface area contributed by atoms with Crippen LogP contribution in [-0.4, -0.2) is 6.54 Å². The number of dihydropyridines is 1. The lowest BCUT2D eigenvalue weighted by Crippen LogP contribution is -2.17. The fraction of sp³-hybridized carbons (Fsp3) is 0.0909. The predicted molar refractivity (Wildman–Crippen MR) is 60.9 cm³/mol. The first-order valence-corrected chi connectivity index (χ1v) is 4.91. The molecule has 66 valence electrons. The van der Waals surface area contributed by atoms with Gasteiger partial charge in [0.25, 0.3) is 0 Å². The van der Waals surface area contributed by atoms with E-state index in [1.54, 1.807) is 0 Å². The van der Waals surface area contributed by atoms with E-state index in [1.807, 2.05) is 6.07 Å². The number of hydrogen-bond donors (Lipinski definition) is 1. The highest BCUT2D eigenvalue weighted by molar-refractivity contribution is 7.27. The molecule has 1 aliphatic rings. The quantitative estimate of drug-likeness (QED) is 0.663. The molecule has 13 heavy (non-hydrogen) atoms. The lowest BCUT2D eigenvalue weighted by atomic mass is 10.1. The van der Waals surface area contributed by atoms with Gasteiger partial charge in [-0.05, 0) is 11.4 Å². The molecule has 1 atom stereocenters. The molecule has 0 aliphatic carbocycles. The van der Waals surface area contributed by atoms with Crippen LogP contribution < -0.4 is 10.6 Å². The second kappa shape index (κ2) is 3.76. The van der Waals surface area contributed by atoms with E-state index >= 15 is 0 Å². The van der Waals surface area contributed by atoms with E-state index in [2.05, 4.69) is 51.0 Å². The summed E-state index contributed by atoms with van der Waals surface area (Å²) >= 11 is 0. The van der Waals surface area contributed by atoms with Crippen molar-refractivity contribution in [2.24, 2.45) is 0 Å². The van der Waals surface area contributed by atoms with Crippen molar-refractivity contribution in [1.29, 1.82) is 0 Å². The topological polar surface area (TPSA) is 12.0 Å². The van der Waals surface area contributed by atoms with Crippen LogP contribution in [0.4, 0.5) is 0 Å². The van der Waals surface area contributed by atoms with Gasteiger partial charge in [-0.2, -0.15) is 0 Å². The van der Waals surface area contributed by atoms with E-state index < -0.39 is 0 Å². The van der Waals surface area contributed by atoms with Gasteiger partial charge in [-0.15, -0.1) is 9.24 Å². The molecule has 1 heterocycles. The Balaban J connectivity index is 2.40. The van der Waals surface area contributed by atoms with Crippen molar-refractivity contribution in [2.45, 2.75) is 0 Å². The molecule has 0 saturated carbocycles. The van der Waals surface area contributed by atoms with Crippen LogP contribution in [0.25, 0.3) is 5.70 Å². The zero-order valence-electron chi connectivity index (χ0n) is 7.33. The monoisotopic (exact) mass is 189 g/mol. The SMILES string of the molecule is Pc1ccccc1C1=CC=CCN1. The Morgan fingerprint density at radius 3 is 2.77 bits per heavy atom. The second-order valence-corrected chi connectivity index (χ2v) is 3.60. The minimum Gasteiger partial charge on any atom is -0.381 e. The average Bonchev–Trinajstić information content (AvgIpc) is 2.20. The van der Waals surface area contributed by atoms with Crippen LogP contribution in [0.5, 0.6) is 0 Å². The molecular weight excluding hydrogens is 177 g/mol. The summed E-state index contributed by atoms with van der Waals surface area (Å²) in [5.41, 5.74) is 2.46. The molecule has 0 radical (unpaired) electrons. The third kappa shape index (κ3) is 1.81. The van der Waals surface area contributed by atoms with Crippen molar-refractivity contribution in [1.82, 2.24) is 5.32 Å². The molecule has 2 heteroatoms. The Morgan fingerprint density at radius 1 is 1.23 bits per heavy atom. The van der Waals surface area contributed by atoms with Crippen LogP contribution in [0, 0.1) is 0 Å². The van der Waals surface area contributed by atoms with Gasteiger partial charge in [0.15, 0.2) is 0 Å². The highest BCUT2D eigenvalue weighted by Gasteiger charge is 2.03. The molecule has 1 aliphatic heterocycles. The number of allylic oxidation sites excluding steroid dienone is 2. The predicted octanol–water partition coefficient (Wildman–Crippen LogP) is 1.69. The van der Waals surface area contributed by atoms with Crippen molar-refractivity contribution in [3.8, 4) is 0 Å². The van der Waals surface area contributed by atoms with Gasteiger partial charge in [-0.3, -0.25) is 0 Å². The van der Waals surface area contributed by atoms with Crippen LogP contribution in [0.15, 0.2) is 42.5 Å². The van der Waals surface area contributed by atoms with Gasteiger partial charge in [0.2, 0.25) is 0 Å². The van der Waals surface area contributed by atoms with E-state index in [0.29, 0.717) is 0 Å². The summed E-state index contributed by atoms with van der Waals surface area (Å²) in [6.45, 7) is 0.921. The van der Waals surface area contributed by atoms with Crippen molar-refractivity contribution in [3.63, 3.8) is 0 Å². The van der Waals surface area contributed by atoms with E-state index in [-0.39, 0.29) is 0 Å². The van der Waals surface area contributed by atoms with E-state index in [0.717, 1.165) is 6.54 Å². The summed E-state index contributed by atoms with van der Waals surface area (Å²) in [6.07, 6.45) is 6.30. The Labute approximate surface area is 80.8 Å². The summed E-state index contributed by atoms with van der Waals surface area (Å²) in [4.78, 5) is 0. The molecule has 0 aromatic heterocycles. The fourth-order valence-corrected chi connectivity index (χ4v) is 1.75. The van der Waals surface area contributed by atoms with Gasteiger partial charge in [0.1, 0.15) is 0 Å². The summed E-state index contributed by atoms with van der Waals surface area (Å²) in [5, 5.41) is 4.57. The first-order chi connectivity index (χ1) is 6.38. The van der Waals surface area contributed by atoms with Crippen LogP contribution in [0.2, 0.25) is 0 Å². The fourth-order valence-electron chi connectivity index (χ4n) is 1.39. The molecule has 1 aromatic carbocycles. The van der Waals surface area contributed by atoms with E-state index in [1.165, 1.54) is 16.6 Å². The summed E-state index contributed by atoms with van der Waals surface area (Å²) in [5.74, 6) is 0. The van der Waals surface area contributed by atoms with Crippen LogP contribution in [0.1, 0.15) is 5.56 Å². The number of rotatable bonds is 1. The average molecular weight is 189 g/mol. The van der Waals surface area contributed by atoms with Crippen molar-refractivity contribution < 1.29 is 0 Å². The maximum absolute atomic E-state index is 3.34. The number of nitrogens with one attached hydrogen (secondary N) is 1. The van der Waals surface area contributed by atoms with Gasteiger partial charge in [0, 0.05) is 17.8 Å². The second-order valence-electron chi connectivity index (χ2n) is 2.98. The van der Waals surface area contributed by atoms with Gasteiger partial charge < -0.3 is 5.32 Å². The summed E-state index contributed by atoms with van der Waals surface area (Å²) in [6, 6.07) is 8.33. The Morgan fingerprint density at radius 2 is 2.08 bits per heavy atom. The molecule has 2 rings (SSSR count). The zero-order chi connectivity index (χ0) is 9.10. The highest BCUT2D eigenvalue weighted by atomic mass is 31.0. The third-order valence-corrected chi connectivity index (χ3v) is 2.56. The van der Waals surface area contributed by atoms with Crippen molar-refractivity contribution >= 4 is 20.2 Å². The lowest BCUT2D eigenvalue weighted by Gasteiger charge is -2.13. The Hall–Kier alpha value is -1.07. The minimum atomic E-state index is 0.921. The Kier molecular flexibility index (Phi) is 2.47. The van der Waals surface area contributed by atoms with E-state index in [4.69, 9.17) is 0 Å². The lowest BCUT2D eigenvalue weighted by molar-refractivity contribution is 0.997. The summed E-state index contributed by atoms with van der Waals surface area (Å²) < 4.78 is 0. The van der Waals surface area contributed by atoms with Crippen LogP contribution in [-0.2, 0) is 0 Å². The maximum Gasteiger partial charge on any atom is 0.0422 e. The Bertz CT molecular complexity index is 366. The normalized spacial score (nSPS) is 15.0. The van der Waals surface area contributed by atoms with Gasteiger partial charge in [0.05, 0.1) is 0 Å². The van der Waals surface area contributed by atoms with E-state index in [9.17, 15) is 0 Å². The molecule has 0 bridgehead atoms. The molecule has 0 spiro atoms. The number of benzene rings is 1. The molecule has 0 amide bonds. The first kappa shape index (κ1) is 8.52. The first-order valence-electron chi connectivity index (χ1n) is 4.33. The molecule has 0 fully saturated rings. The minimum absolute atomic E-state index is 0.921. The molecule has 0 saturated heterocycles. The standard InChI is InChI=1S/C11H12NP/c13-11-7-2-1-5-9(11)10-6-3-4-8-12-10/h1-7,12H,8,13H2. The highest BCUT2D eigenvalue weighted by Crippen LogP contribution is 2.13. The van der Waals surface area contributed by atoms with Crippen molar-refractivity contribution in [3.05, 3.63) is 48.1 Å². The third-order valence-electron chi connectivity index (χ3n) is 2.06. The molecule has 1 unspecified atom stereocenters. The van der Waals surface area contributed by atoms with Crippen molar-refractivity contribution in [2.75, 3.05) is 6.54 Å². The van der Waals surface area contributed by atoms with Gasteiger partial charge in [-0.25, -0.2) is 0 Å². The molecule has 1 N–H and O–H groups in total. The zero-order valence-corrected chi connectivity index (χ0v) is 8.48. The molecule has 1 nitrogen and oxygen atoms in total. The largest absolute Gasteiger partial charge is 0.381 e. The van der Waals surface area contributed by atoms with Gasteiger partial charge in [-0.1, -0.05) is 36.4 Å². The van der Waals surface area contributed by atoms with Gasteiger partial charge >= 0.3 is 0 Å². The van der Waals surface area contributed by atoms with Crippen LogP contribution >= 0.6 is 9.24 Å². The number of hydrogen-bond acceptors (Lipinski definition) is 1.